The van der Waals surface area contributed by atoms with Crippen LogP contribution in [0.5, 0.6) is 0 Å². The smallest absolute Gasteiger partial charge is 0.109 e. The van der Waals surface area contributed by atoms with E-state index in [0.29, 0.717) is 0 Å². The molecule has 1 heterocycles. The molecule has 0 aliphatic rings. The van der Waals surface area contributed by atoms with E-state index in [2.05, 4.69) is 54.4 Å². The van der Waals surface area contributed by atoms with Crippen molar-refractivity contribution in [1.29, 1.82) is 0 Å². The van der Waals surface area contributed by atoms with Gasteiger partial charge in [-0.3, -0.25) is 0 Å². The molecule has 0 saturated carbocycles. The van der Waals surface area contributed by atoms with Gasteiger partial charge in [0.2, 0.25) is 0 Å². The number of aromatic amines is 1. The minimum Gasteiger partial charge on any atom is -0.372 e. The lowest BCUT2D eigenvalue weighted by Crippen LogP contribution is -2.04. The van der Waals surface area contributed by atoms with E-state index in [0.717, 1.165) is 5.52 Å². The first kappa shape index (κ1) is 12.0. The summed E-state index contributed by atoms with van der Waals surface area (Å²) < 4.78 is 5.75. The number of para-hydroxylation sites is 1. The molecule has 0 bridgehead atoms. The van der Waals surface area contributed by atoms with Crippen LogP contribution >= 0.6 is 0 Å². The molecule has 3 rings (SSSR count). The number of benzene rings is 2. The van der Waals surface area contributed by atoms with Gasteiger partial charge >= 0.3 is 0 Å². The number of methoxy groups -OCH3 is 1. The van der Waals surface area contributed by atoms with Crippen LogP contribution in [0.25, 0.3) is 10.9 Å². The maximum Gasteiger partial charge on any atom is 0.109 e. The summed E-state index contributed by atoms with van der Waals surface area (Å²) in [4.78, 5) is 3.31. The summed E-state index contributed by atoms with van der Waals surface area (Å²) >= 11 is 0. The Morgan fingerprint density at radius 3 is 2.47 bits per heavy atom. The van der Waals surface area contributed by atoms with Gasteiger partial charge in [-0.25, -0.2) is 0 Å². The van der Waals surface area contributed by atoms with Crippen molar-refractivity contribution in [2.45, 2.75) is 13.0 Å². The highest BCUT2D eigenvalue weighted by Gasteiger charge is 2.18. The second kappa shape index (κ2) is 4.90. The Bertz CT molecular complexity index is 699. The van der Waals surface area contributed by atoms with Crippen molar-refractivity contribution in [2.24, 2.45) is 0 Å². The van der Waals surface area contributed by atoms with Crippen LogP contribution in [0.3, 0.4) is 0 Å². The van der Waals surface area contributed by atoms with Crippen LogP contribution in [0, 0.1) is 6.92 Å². The summed E-state index contributed by atoms with van der Waals surface area (Å²) in [5.74, 6) is 0. The highest BCUT2D eigenvalue weighted by Crippen LogP contribution is 2.32. The minimum atomic E-state index is -0.0302. The molecule has 0 radical (unpaired) electrons. The lowest BCUT2D eigenvalue weighted by Gasteiger charge is -2.17. The zero-order valence-electron chi connectivity index (χ0n) is 11.2. The highest BCUT2D eigenvalue weighted by atomic mass is 16.5. The molecule has 0 spiro atoms. The zero-order valence-corrected chi connectivity index (χ0v) is 11.2. The number of fused-ring (bicyclic) bond motifs is 1. The van der Waals surface area contributed by atoms with E-state index < -0.39 is 0 Å². The number of hydrogen-bond acceptors (Lipinski definition) is 1. The second-order valence-corrected chi connectivity index (χ2v) is 4.76. The molecular weight excluding hydrogens is 234 g/mol. The summed E-state index contributed by atoms with van der Waals surface area (Å²) in [7, 11) is 1.76. The van der Waals surface area contributed by atoms with E-state index in [-0.39, 0.29) is 6.10 Å². The van der Waals surface area contributed by atoms with E-state index >= 15 is 0 Å². The quantitative estimate of drug-likeness (QED) is 0.741. The molecule has 96 valence electrons. The van der Waals surface area contributed by atoms with E-state index in [9.17, 15) is 0 Å². The third-order valence-corrected chi connectivity index (χ3v) is 3.61. The van der Waals surface area contributed by atoms with Crippen LogP contribution in [-0.4, -0.2) is 12.1 Å². The summed E-state index contributed by atoms with van der Waals surface area (Å²) in [6.07, 6.45) is 2.02. The highest BCUT2D eigenvalue weighted by molar-refractivity contribution is 5.84. The molecule has 2 nitrogen and oxygen atoms in total. The Balaban J connectivity index is 2.15. The van der Waals surface area contributed by atoms with Crippen molar-refractivity contribution in [3.8, 4) is 0 Å². The van der Waals surface area contributed by atoms with Crippen LogP contribution < -0.4 is 0 Å². The fraction of sp³-hybridized carbons (Fsp3) is 0.176. The third kappa shape index (κ3) is 2.04. The van der Waals surface area contributed by atoms with Crippen LogP contribution in [0.4, 0.5) is 0 Å². The number of aromatic nitrogens is 1. The van der Waals surface area contributed by atoms with Crippen molar-refractivity contribution >= 4 is 10.9 Å². The van der Waals surface area contributed by atoms with Gasteiger partial charge in [-0.15, -0.1) is 0 Å². The predicted octanol–water partition coefficient (Wildman–Crippen LogP) is 4.21. The fourth-order valence-corrected chi connectivity index (χ4v) is 2.61. The van der Waals surface area contributed by atoms with Crippen LogP contribution in [0.1, 0.15) is 22.8 Å². The van der Waals surface area contributed by atoms with Gasteiger partial charge in [-0.05, 0) is 24.1 Å². The van der Waals surface area contributed by atoms with Crippen molar-refractivity contribution in [3.05, 3.63) is 71.4 Å². The second-order valence-electron chi connectivity index (χ2n) is 4.76. The van der Waals surface area contributed by atoms with E-state index in [1.54, 1.807) is 7.11 Å². The molecule has 0 aliphatic carbocycles. The molecule has 1 unspecified atom stereocenters. The van der Waals surface area contributed by atoms with Gasteiger partial charge in [0.05, 0.1) is 0 Å². The van der Waals surface area contributed by atoms with Gasteiger partial charge in [0.1, 0.15) is 6.10 Å². The first-order valence-corrected chi connectivity index (χ1v) is 6.45. The van der Waals surface area contributed by atoms with Gasteiger partial charge in [0.15, 0.2) is 0 Å². The molecule has 0 fully saturated rings. The lowest BCUT2D eigenvalue weighted by molar-refractivity contribution is 0.137. The third-order valence-electron chi connectivity index (χ3n) is 3.61. The monoisotopic (exact) mass is 251 g/mol. The number of hydrogen-bond donors (Lipinski definition) is 1. The number of nitrogens with one attached hydrogen (secondary N) is 1. The average molecular weight is 251 g/mol. The van der Waals surface area contributed by atoms with Gasteiger partial charge < -0.3 is 9.72 Å². The molecule has 1 aromatic heterocycles. The summed E-state index contributed by atoms with van der Waals surface area (Å²) in [5, 5.41) is 1.22. The molecule has 3 aromatic rings. The first-order chi connectivity index (χ1) is 9.31. The molecule has 1 N–H and O–H groups in total. The lowest BCUT2D eigenvalue weighted by atomic mass is 9.97. The molecule has 0 saturated heterocycles. The number of H-pyrrole nitrogens is 1. The Morgan fingerprint density at radius 1 is 0.947 bits per heavy atom. The standard InChI is InChI=1S/C17H17NO/c1-12-7-3-4-8-13(12)17(19-2)15-11-18-16-10-6-5-9-14(15)16/h3-11,17-18H,1-2H3. The number of ether oxygens (including phenoxy) is 1. The number of rotatable bonds is 3. The molecule has 2 aromatic carbocycles. The molecule has 0 aliphatic heterocycles. The minimum absolute atomic E-state index is 0.0302. The van der Waals surface area contributed by atoms with Gasteiger partial charge in [-0.1, -0.05) is 42.5 Å². The Labute approximate surface area is 113 Å². The summed E-state index contributed by atoms with van der Waals surface area (Å²) in [6.45, 7) is 2.12. The van der Waals surface area contributed by atoms with Crippen molar-refractivity contribution in [1.82, 2.24) is 4.98 Å². The maximum atomic E-state index is 5.75. The van der Waals surface area contributed by atoms with E-state index in [4.69, 9.17) is 4.74 Å². The largest absolute Gasteiger partial charge is 0.372 e. The van der Waals surface area contributed by atoms with E-state index in [1.165, 1.54) is 22.1 Å². The Hall–Kier alpha value is -2.06. The first-order valence-electron chi connectivity index (χ1n) is 6.45. The van der Waals surface area contributed by atoms with Crippen molar-refractivity contribution in [3.63, 3.8) is 0 Å². The van der Waals surface area contributed by atoms with E-state index in [1.807, 2.05) is 12.3 Å². The molecule has 19 heavy (non-hydrogen) atoms. The average Bonchev–Trinajstić information content (AvgIpc) is 2.86. The van der Waals surface area contributed by atoms with Gasteiger partial charge in [0.25, 0.3) is 0 Å². The van der Waals surface area contributed by atoms with Crippen molar-refractivity contribution in [2.75, 3.05) is 7.11 Å². The zero-order chi connectivity index (χ0) is 13.2. The number of aryl methyl sites for hydroxylation is 1. The van der Waals surface area contributed by atoms with Crippen LogP contribution in [0.2, 0.25) is 0 Å². The molecule has 2 heteroatoms. The SMILES string of the molecule is COC(c1ccccc1C)c1c[nH]c2ccccc12. The topological polar surface area (TPSA) is 25.0 Å². The molecule has 0 amide bonds. The maximum absolute atomic E-state index is 5.75. The Kier molecular flexibility index (Phi) is 3.10. The molecular formula is C17H17NO. The molecule has 1 atom stereocenters. The predicted molar refractivity (Wildman–Crippen MR) is 78.3 cm³/mol. The van der Waals surface area contributed by atoms with Crippen LogP contribution in [-0.2, 0) is 4.74 Å². The fourth-order valence-electron chi connectivity index (χ4n) is 2.61. The Morgan fingerprint density at radius 2 is 1.68 bits per heavy atom. The van der Waals surface area contributed by atoms with Gasteiger partial charge in [0, 0.05) is 29.8 Å². The van der Waals surface area contributed by atoms with Gasteiger partial charge in [-0.2, -0.15) is 0 Å². The van der Waals surface area contributed by atoms with Crippen molar-refractivity contribution < 1.29 is 4.74 Å². The summed E-state index contributed by atoms with van der Waals surface area (Å²) in [6, 6.07) is 16.7. The summed E-state index contributed by atoms with van der Waals surface area (Å²) in [5.41, 5.74) is 4.80. The van der Waals surface area contributed by atoms with Crippen LogP contribution in [0.15, 0.2) is 54.7 Å². The normalized spacial score (nSPS) is 12.7.